The molecule has 1 nitrogen and oxygen atoms in total. The summed E-state index contributed by atoms with van der Waals surface area (Å²) in [5, 5.41) is 3.07. The van der Waals surface area contributed by atoms with Crippen molar-refractivity contribution < 1.29 is 4.42 Å². The second-order valence-electron chi connectivity index (χ2n) is 2.64. The second-order valence-corrected chi connectivity index (χ2v) is 5.28. The highest BCUT2D eigenvalue weighted by atomic mass is 79.9. The molecule has 0 saturated carbocycles. The number of alkyl halides is 1. The molecule has 2 rings (SSSR count). The maximum absolute atomic E-state index is 6.00. The van der Waals surface area contributed by atoms with Gasteiger partial charge in [0.25, 0.3) is 0 Å². The van der Waals surface area contributed by atoms with Crippen LogP contribution in [0.4, 0.5) is 0 Å². The SMILES string of the molecule is Clc1ccc(C(Br)c2sccc2Cl)o1. The normalized spacial score (nSPS) is 13.1. The average Bonchev–Trinajstić information content (AvgIpc) is 2.73. The van der Waals surface area contributed by atoms with Crippen LogP contribution >= 0.6 is 50.5 Å². The number of hydrogen-bond acceptors (Lipinski definition) is 2. The van der Waals surface area contributed by atoms with Crippen LogP contribution in [-0.4, -0.2) is 0 Å². The lowest BCUT2D eigenvalue weighted by atomic mass is 10.3. The molecule has 0 spiro atoms. The first-order valence-corrected chi connectivity index (χ1v) is 6.36. The van der Waals surface area contributed by atoms with Crippen molar-refractivity contribution in [1.29, 1.82) is 0 Å². The van der Waals surface area contributed by atoms with Crippen LogP contribution in [0, 0.1) is 0 Å². The Morgan fingerprint density at radius 2 is 2.07 bits per heavy atom. The molecule has 0 amide bonds. The van der Waals surface area contributed by atoms with E-state index in [-0.39, 0.29) is 4.83 Å². The van der Waals surface area contributed by atoms with E-state index in [0.29, 0.717) is 5.22 Å². The second kappa shape index (κ2) is 4.27. The van der Waals surface area contributed by atoms with E-state index in [4.69, 9.17) is 27.6 Å². The Bertz CT molecular complexity index is 437. The molecule has 2 aromatic rings. The van der Waals surface area contributed by atoms with Gasteiger partial charge in [-0.3, -0.25) is 0 Å². The Balaban J connectivity index is 2.33. The highest BCUT2D eigenvalue weighted by Gasteiger charge is 2.18. The summed E-state index contributed by atoms with van der Waals surface area (Å²) in [6, 6.07) is 5.41. The summed E-state index contributed by atoms with van der Waals surface area (Å²) in [4.78, 5) is 1.00. The van der Waals surface area contributed by atoms with E-state index >= 15 is 0 Å². The number of halogens is 3. The molecule has 2 aromatic heterocycles. The number of hydrogen-bond donors (Lipinski definition) is 0. The minimum Gasteiger partial charge on any atom is -0.448 e. The van der Waals surface area contributed by atoms with Crippen molar-refractivity contribution in [3.05, 3.63) is 44.5 Å². The van der Waals surface area contributed by atoms with Crippen LogP contribution in [0.3, 0.4) is 0 Å². The molecule has 0 N–H and O–H groups in total. The van der Waals surface area contributed by atoms with Gasteiger partial charge in [-0.2, -0.15) is 0 Å². The third kappa shape index (κ3) is 2.01. The van der Waals surface area contributed by atoms with Gasteiger partial charge in [0.15, 0.2) is 5.22 Å². The highest BCUT2D eigenvalue weighted by Crippen LogP contribution is 2.39. The molecule has 2 heterocycles. The molecule has 0 aliphatic rings. The van der Waals surface area contributed by atoms with E-state index in [1.54, 1.807) is 17.4 Å². The lowest BCUT2D eigenvalue weighted by Gasteiger charge is -2.03. The summed E-state index contributed by atoms with van der Waals surface area (Å²) in [5.41, 5.74) is 0. The van der Waals surface area contributed by atoms with Crippen molar-refractivity contribution in [3.63, 3.8) is 0 Å². The van der Waals surface area contributed by atoms with E-state index in [9.17, 15) is 0 Å². The van der Waals surface area contributed by atoms with Gasteiger partial charge >= 0.3 is 0 Å². The number of furan rings is 1. The number of thiophene rings is 1. The van der Waals surface area contributed by atoms with Gasteiger partial charge in [0, 0.05) is 4.88 Å². The monoisotopic (exact) mass is 310 g/mol. The molecule has 0 fully saturated rings. The molecule has 1 atom stereocenters. The maximum Gasteiger partial charge on any atom is 0.193 e. The molecule has 0 radical (unpaired) electrons. The lowest BCUT2D eigenvalue weighted by Crippen LogP contribution is -1.86. The molecule has 0 aliphatic heterocycles. The van der Waals surface area contributed by atoms with Crippen LogP contribution in [-0.2, 0) is 0 Å². The summed E-state index contributed by atoms with van der Waals surface area (Å²) in [7, 11) is 0. The fourth-order valence-corrected chi connectivity index (χ4v) is 3.33. The van der Waals surface area contributed by atoms with Gasteiger partial charge in [0.2, 0.25) is 0 Å². The first kappa shape index (κ1) is 10.6. The quantitative estimate of drug-likeness (QED) is 0.701. The van der Waals surface area contributed by atoms with Crippen molar-refractivity contribution >= 4 is 50.5 Å². The third-order valence-electron chi connectivity index (χ3n) is 1.72. The van der Waals surface area contributed by atoms with E-state index in [0.717, 1.165) is 15.7 Å². The summed E-state index contributed by atoms with van der Waals surface area (Å²) < 4.78 is 5.29. The molecule has 0 aliphatic carbocycles. The molecule has 0 saturated heterocycles. The topological polar surface area (TPSA) is 13.1 Å². The Morgan fingerprint density at radius 3 is 2.57 bits per heavy atom. The Labute approximate surface area is 104 Å². The molecule has 0 aromatic carbocycles. The predicted octanol–water partition coefficient (Wildman–Crippen LogP) is 5.13. The fourth-order valence-electron chi connectivity index (χ4n) is 1.08. The predicted molar refractivity (Wildman–Crippen MR) is 63.8 cm³/mol. The molecular weight excluding hydrogens is 307 g/mol. The van der Waals surface area contributed by atoms with E-state index in [2.05, 4.69) is 15.9 Å². The minimum absolute atomic E-state index is 0.0255. The first-order chi connectivity index (χ1) is 6.68. The van der Waals surface area contributed by atoms with Crippen LogP contribution in [0.15, 0.2) is 28.0 Å². The standard InChI is InChI=1S/C9H5BrCl2OS/c10-8(6-1-2-7(12)13-6)9-5(11)3-4-14-9/h1-4,8H. The zero-order valence-electron chi connectivity index (χ0n) is 6.84. The summed E-state index contributed by atoms with van der Waals surface area (Å²) in [5.74, 6) is 0.763. The van der Waals surface area contributed by atoms with Crippen LogP contribution in [0.5, 0.6) is 0 Å². The number of rotatable bonds is 2. The van der Waals surface area contributed by atoms with Crippen molar-refractivity contribution in [2.75, 3.05) is 0 Å². The van der Waals surface area contributed by atoms with E-state index < -0.39 is 0 Å². The molecule has 5 heteroatoms. The zero-order valence-corrected chi connectivity index (χ0v) is 10.8. The molecule has 14 heavy (non-hydrogen) atoms. The fraction of sp³-hybridized carbons (Fsp3) is 0.111. The zero-order chi connectivity index (χ0) is 10.1. The minimum atomic E-state index is -0.0255. The smallest absolute Gasteiger partial charge is 0.193 e. The maximum atomic E-state index is 6.00. The Hall–Kier alpha value is 0.0400. The average molecular weight is 312 g/mol. The van der Waals surface area contributed by atoms with Gasteiger partial charge in [-0.15, -0.1) is 11.3 Å². The van der Waals surface area contributed by atoms with Gasteiger partial charge in [0.1, 0.15) is 10.6 Å². The van der Waals surface area contributed by atoms with Crippen LogP contribution < -0.4 is 0 Å². The third-order valence-corrected chi connectivity index (χ3v) is 4.56. The first-order valence-electron chi connectivity index (χ1n) is 3.80. The summed E-state index contributed by atoms with van der Waals surface area (Å²) in [6.45, 7) is 0. The van der Waals surface area contributed by atoms with E-state index in [1.165, 1.54) is 0 Å². The summed E-state index contributed by atoms with van der Waals surface area (Å²) in [6.07, 6.45) is 0. The Morgan fingerprint density at radius 1 is 1.29 bits per heavy atom. The van der Waals surface area contributed by atoms with Gasteiger partial charge in [-0.05, 0) is 35.2 Å². The molecule has 74 valence electrons. The van der Waals surface area contributed by atoms with Gasteiger partial charge in [-0.1, -0.05) is 27.5 Å². The highest BCUT2D eigenvalue weighted by molar-refractivity contribution is 9.09. The van der Waals surface area contributed by atoms with Crippen LogP contribution in [0.2, 0.25) is 10.2 Å². The van der Waals surface area contributed by atoms with Crippen molar-refractivity contribution in [1.82, 2.24) is 0 Å². The van der Waals surface area contributed by atoms with Gasteiger partial charge in [-0.25, -0.2) is 0 Å². The van der Waals surface area contributed by atoms with Crippen LogP contribution in [0.1, 0.15) is 15.5 Å². The lowest BCUT2D eigenvalue weighted by molar-refractivity contribution is 0.523. The van der Waals surface area contributed by atoms with Crippen molar-refractivity contribution in [3.8, 4) is 0 Å². The molecule has 1 unspecified atom stereocenters. The van der Waals surface area contributed by atoms with Gasteiger partial charge in [0.05, 0.1) is 5.02 Å². The van der Waals surface area contributed by atoms with Crippen molar-refractivity contribution in [2.24, 2.45) is 0 Å². The van der Waals surface area contributed by atoms with Crippen molar-refractivity contribution in [2.45, 2.75) is 4.83 Å². The van der Waals surface area contributed by atoms with Crippen LogP contribution in [0.25, 0.3) is 0 Å². The largest absolute Gasteiger partial charge is 0.448 e. The van der Waals surface area contributed by atoms with Gasteiger partial charge < -0.3 is 4.42 Å². The summed E-state index contributed by atoms with van der Waals surface area (Å²) >= 11 is 16.8. The van der Waals surface area contributed by atoms with E-state index in [1.807, 2.05) is 17.5 Å². The Kier molecular flexibility index (Phi) is 3.22. The molecule has 0 bridgehead atoms. The molecular formula is C9H5BrCl2OS.